The van der Waals surface area contributed by atoms with E-state index in [-0.39, 0.29) is 24.0 Å². The normalized spacial score (nSPS) is 19.0. The number of hydrogen-bond donors (Lipinski definition) is 0. The summed E-state index contributed by atoms with van der Waals surface area (Å²) < 4.78 is 6.35. The Balaban J connectivity index is 1.72. The minimum Gasteiger partial charge on any atom is -0.359 e. The topological polar surface area (TPSA) is 29.5 Å². The number of aryl methyl sites for hydroxylation is 2. The molecule has 154 valence electrons. The van der Waals surface area contributed by atoms with Crippen LogP contribution in [0.2, 0.25) is 0 Å². The van der Waals surface area contributed by atoms with Gasteiger partial charge in [-0.1, -0.05) is 69.3 Å². The van der Waals surface area contributed by atoms with Crippen molar-refractivity contribution < 1.29 is 9.53 Å². The van der Waals surface area contributed by atoms with Gasteiger partial charge in [-0.3, -0.25) is 4.79 Å². The van der Waals surface area contributed by atoms with Crippen LogP contribution in [-0.2, 0) is 22.4 Å². The predicted molar refractivity (Wildman–Crippen MR) is 122 cm³/mol. The quantitative estimate of drug-likeness (QED) is 0.543. The van der Waals surface area contributed by atoms with Crippen LogP contribution in [0.25, 0.3) is 10.8 Å². The van der Waals surface area contributed by atoms with Crippen molar-refractivity contribution in [3.8, 4) is 0 Å². The van der Waals surface area contributed by atoms with Gasteiger partial charge in [-0.05, 0) is 58.2 Å². The molecule has 1 aliphatic carbocycles. The number of nitrogens with zero attached hydrogens (tertiary/aromatic N) is 1. The maximum atomic E-state index is 13.2. The van der Waals surface area contributed by atoms with Crippen LogP contribution in [0.4, 0.5) is 5.69 Å². The molecule has 0 saturated heterocycles. The largest absolute Gasteiger partial charge is 0.359 e. The van der Waals surface area contributed by atoms with Gasteiger partial charge in [0.15, 0.2) is 0 Å². The molecule has 0 aromatic heterocycles. The standard InChI is InChI=1S/C27H29NO2/c1-27(2,3)17-28-24-15-20-11-6-10-19(20)14-23(24)26(30-16-25(28)29)22-13-7-9-18-8-4-5-12-21(18)22/h4-5,7-9,12-15,26H,6,10-11,16-17H2,1-3H3. The van der Waals surface area contributed by atoms with Crippen molar-refractivity contribution in [3.63, 3.8) is 0 Å². The minimum absolute atomic E-state index is 0.00518. The molecular formula is C27H29NO2. The first-order valence-electron chi connectivity index (χ1n) is 11.0. The van der Waals surface area contributed by atoms with Crippen LogP contribution in [0.1, 0.15) is 55.5 Å². The molecule has 0 radical (unpaired) electrons. The van der Waals surface area contributed by atoms with Gasteiger partial charge in [0.1, 0.15) is 12.7 Å². The van der Waals surface area contributed by atoms with E-state index in [0.29, 0.717) is 6.54 Å². The Morgan fingerprint density at radius 2 is 1.70 bits per heavy atom. The van der Waals surface area contributed by atoms with Crippen LogP contribution < -0.4 is 4.90 Å². The number of rotatable bonds is 2. The molecule has 3 heteroatoms. The van der Waals surface area contributed by atoms with E-state index in [1.807, 2.05) is 4.90 Å². The fourth-order valence-corrected chi connectivity index (χ4v) is 4.91. The lowest BCUT2D eigenvalue weighted by Gasteiger charge is -2.31. The second-order valence-electron chi connectivity index (χ2n) is 9.83. The summed E-state index contributed by atoms with van der Waals surface area (Å²) in [4.78, 5) is 15.2. The number of carbonyl (C=O) groups is 1. The van der Waals surface area contributed by atoms with Crippen LogP contribution in [0.15, 0.2) is 54.6 Å². The van der Waals surface area contributed by atoms with Gasteiger partial charge in [0.2, 0.25) is 0 Å². The van der Waals surface area contributed by atoms with E-state index >= 15 is 0 Å². The maximum Gasteiger partial charge on any atom is 0.253 e. The van der Waals surface area contributed by atoms with Gasteiger partial charge >= 0.3 is 0 Å². The summed E-state index contributed by atoms with van der Waals surface area (Å²) >= 11 is 0. The number of benzene rings is 3. The van der Waals surface area contributed by atoms with Gasteiger partial charge < -0.3 is 9.64 Å². The van der Waals surface area contributed by atoms with Gasteiger partial charge in [-0.15, -0.1) is 0 Å². The van der Waals surface area contributed by atoms with E-state index in [2.05, 4.69) is 75.4 Å². The molecule has 3 aromatic carbocycles. The van der Waals surface area contributed by atoms with Crippen molar-refractivity contribution in [2.45, 2.75) is 46.1 Å². The van der Waals surface area contributed by atoms with E-state index in [9.17, 15) is 4.79 Å². The number of fused-ring (bicyclic) bond motifs is 3. The number of hydrogen-bond acceptors (Lipinski definition) is 2. The number of carbonyl (C=O) groups excluding carboxylic acids is 1. The van der Waals surface area contributed by atoms with Crippen molar-refractivity contribution in [3.05, 3.63) is 76.9 Å². The highest BCUT2D eigenvalue weighted by atomic mass is 16.5. The molecular weight excluding hydrogens is 370 g/mol. The summed E-state index contributed by atoms with van der Waals surface area (Å²) in [6.45, 7) is 7.33. The zero-order valence-electron chi connectivity index (χ0n) is 18.1. The molecule has 0 fully saturated rings. The van der Waals surface area contributed by atoms with Gasteiger partial charge in [0.05, 0.1) is 5.69 Å². The van der Waals surface area contributed by atoms with Gasteiger partial charge in [-0.2, -0.15) is 0 Å². The summed E-state index contributed by atoms with van der Waals surface area (Å²) in [6, 6.07) is 19.4. The fraction of sp³-hybridized carbons (Fsp3) is 0.370. The molecule has 0 bridgehead atoms. The molecule has 1 atom stereocenters. The van der Waals surface area contributed by atoms with Crippen molar-refractivity contribution in [2.75, 3.05) is 18.1 Å². The van der Waals surface area contributed by atoms with Crippen molar-refractivity contribution in [2.24, 2.45) is 5.41 Å². The van der Waals surface area contributed by atoms with Gasteiger partial charge in [0.25, 0.3) is 5.91 Å². The molecule has 3 nitrogen and oxygen atoms in total. The summed E-state index contributed by atoms with van der Waals surface area (Å²) in [6.07, 6.45) is 3.15. The highest BCUT2D eigenvalue weighted by Gasteiger charge is 2.33. The molecule has 0 saturated carbocycles. The van der Waals surface area contributed by atoms with Crippen LogP contribution >= 0.6 is 0 Å². The van der Waals surface area contributed by atoms with E-state index in [0.717, 1.165) is 29.7 Å². The lowest BCUT2D eigenvalue weighted by atomic mass is 9.91. The lowest BCUT2D eigenvalue weighted by molar-refractivity contribution is -0.124. The molecule has 1 heterocycles. The Kier molecular flexibility index (Phi) is 4.67. The van der Waals surface area contributed by atoms with Crippen molar-refractivity contribution in [1.29, 1.82) is 0 Å². The zero-order chi connectivity index (χ0) is 20.9. The second kappa shape index (κ2) is 7.24. The Morgan fingerprint density at radius 1 is 0.967 bits per heavy atom. The first-order valence-corrected chi connectivity index (χ1v) is 11.0. The molecule has 0 N–H and O–H groups in total. The maximum absolute atomic E-state index is 13.2. The van der Waals surface area contributed by atoms with E-state index in [1.54, 1.807) is 0 Å². The number of amides is 1. The molecule has 30 heavy (non-hydrogen) atoms. The fourth-order valence-electron chi connectivity index (χ4n) is 4.91. The Hall–Kier alpha value is -2.65. The van der Waals surface area contributed by atoms with Crippen LogP contribution in [-0.4, -0.2) is 19.1 Å². The zero-order valence-corrected chi connectivity index (χ0v) is 18.1. The first kappa shape index (κ1) is 19.3. The third kappa shape index (κ3) is 3.41. The lowest BCUT2D eigenvalue weighted by Crippen LogP contribution is -2.39. The molecule has 1 amide bonds. The summed E-state index contributed by atoms with van der Waals surface area (Å²) in [5.74, 6) is 0.0480. The highest BCUT2D eigenvalue weighted by Crippen LogP contribution is 2.42. The van der Waals surface area contributed by atoms with Crippen molar-refractivity contribution >= 4 is 22.4 Å². The summed E-state index contributed by atoms with van der Waals surface area (Å²) in [5, 5.41) is 2.39. The number of anilines is 1. The average Bonchev–Trinajstić information content (AvgIpc) is 3.13. The minimum atomic E-state index is -0.245. The van der Waals surface area contributed by atoms with E-state index in [1.165, 1.54) is 28.3 Å². The molecule has 0 spiro atoms. The van der Waals surface area contributed by atoms with E-state index < -0.39 is 0 Å². The first-order chi connectivity index (χ1) is 14.4. The van der Waals surface area contributed by atoms with Gasteiger partial charge in [-0.25, -0.2) is 0 Å². The molecule has 3 aromatic rings. The molecule has 5 rings (SSSR count). The SMILES string of the molecule is CC(C)(C)CN1C(=O)COC(c2cccc3ccccc23)c2cc3c(cc21)CCC3. The molecule has 1 unspecified atom stereocenters. The average molecular weight is 400 g/mol. The summed E-state index contributed by atoms with van der Waals surface area (Å²) in [7, 11) is 0. The third-order valence-corrected chi connectivity index (χ3v) is 6.23. The Morgan fingerprint density at radius 3 is 2.50 bits per heavy atom. The number of ether oxygens (including phenoxy) is 1. The van der Waals surface area contributed by atoms with Crippen LogP contribution in [0, 0.1) is 5.41 Å². The summed E-state index contributed by atoms with van der Waals surface area (Å²) in [5.41, 5.74) is 6.10. The monoisotopic (exact) mass is 399 g/mol. The molecule has 1 aliphatic heterocycles. The Bertz CT molecular complexity index is 1120. The second-order valence-corrected chi connectivity index (χ2v) is 9.83. The van der Waals surface area contributed by atoms with Crippen LogP contribution in [0.3, 0.4) is 0 Å². The van der Waals surface area contributed by atoms with Crippen molar-refractivity contribution in [1.82, 2.24) is 0 Å². The molecule has 2 aliphatic rings. The smallest absolute Gasteiger partial charge is 0.253 e. The Labute approximate surface area is 178 Å². The van der Waals surface area contributed by atoms with Gasteiger partial charge in [0, 0.05) is 12.1 Å². The third-order valence-electron chi connectivity index (χ3n) is 6.23. The van der Waals surface area contributed by atoms with Crippen LogP contribution in [0.5, 0.6) is 0 Å². The predicted octanol–water partition coefficient (Wildman–Crippen LogP) is 5.83. The highest BCUT2D eigenvalue weighted by molar-refractivity contribution is 5.97. The van der Waals surface area contributed by atoms with E-state index in [4.69, 9.17) is 4.74 Å².